The van der Waals surface area contributed by atoms with Crippen LogP contribution in [-0.2, 0) is 17.9 Å². The summed E-state index contributed by atoms with van der Waals surface area (Å²) in [5.74, 6) is 0.105. The fourth-order valence-electron chi connectivity index (χ4n) is 1.45. The first kappa shape index (κ1) is 11.1. The minimum atomic E-state index is 0.105. The Kier molecular flexibility index (Phi) is 3.51. The van der Waals surface area contributed by atoms with Crippen molar-refractivity contribution in [1.82, 2.24) is 25.6 Å². The standard InChI is InChI=1S/C10H17N5O/c1-11-6-9-7-15(14-13-9)5-4-10(16)12-8-2-3-8/h7-8,11H,2-6H2,1H3,(H,12,16). The van der Waals surface area contributed by atoms with Crippen LogP contribution in [0.5, 0.6) is 0 Å². The lowest BCUT2D eigenvalue weighted by Gasteiger charge is -2.02. The van der Waals surface area contributed by atoms with Crippen LogP contribution in [0.25, 0.3) is 0 Å². The molecule has 1 aromatic rings. The first-order chi connectivity index (χ1) is 7.78. The van der Waals surface area contributed by atoms with Crippen molar-refractivity contribution in [2.75, 3.05) is 7.05 Å². The first-order valence-corrected chi connectivity index (χ1v) is 5.61. The molecule has 1 aliphatic carbocycles. The third-order valence-corrected chi connectivity index (χ3v) is 2.45. The summed E-state index contributed by atoms with van der Waals surface area (Å²) in [4.78, 5) is 11.4. The molecule has 1 amide bonds. The second-order valence-corrected chi connectivity index (χ2v) is 4.10. The third-order valence-electron chi connectivity index (χ3n) is 2.45. The van der Waals surface area contributed by atoms with Crippen LogP contribution in [0.2, 0.25) is 0 Å². The molecule has 0 aromatic carbocycles. The Hall–Kier alpha value is -1.43. The van der Waals surface area contributed by atoms with Gasteiger partial charge in [-0.05, 0) is 19.9 Å². The molecule has 1 aliphatic rings. The molecular formula is C10H17N5O. The summed E-state index contributed by atoms with van der Waals surface area (Å²) in [5, 5.41) is 13.9. The zero-order chi connectivity index (χ0) is 11.4. The number of aromatic nitrogens is 3. The van der Waals surface area contributed by atoms with Crippen molar-refractivity contribution in [3.63, 3.8) is 0 Å². The van der Waals surface area contributed by atoms with Crippen molar-refractivity contribution in [2.45, 2.75) is 38.4 Å². The van der Waals surface area contributed by atoms with Gasteiger partial charge in [0.1, 0.15) is 0 Å². The SMILES string of the molecule is CNCc1cn(CCC(=O)NC2CC2)nn1. The summed E-state index contributed by atoms with van der Waals surface area (Å²) >= 11 is 0. The van der Waals surface area contributed by atoms with Crippen molar-refractivity contribution < 1.29 is 4.79 Å². The van der Waals surface area contributed by atoms with Gasteiger partial charge in [0.15, 0.2) is 0 Å². The Balaban J connectivity index is 1.72. The monoisotopic (exact) mass is 223 g/mol. The van der Waals surface area contributed by atoms with Crippen LogP contribution < -0.4 is 10.6 Å². The van der Waals surface area contributed by atoms with Crippen molar-refractivity contribution in [1.29, 1.82) is 0 Å². The van der Waals surface area contributed by atoms with E-state index in [2.05, 4.69) is 20.9 Å². The van der Waals surface area contributed by atoms with Gasteiger partial charge in [0.25, 0.3) is 0 Å². The van der Waals surface area contributed by atoms with E-state index in [1.807, 2.05) is 13.2 Å². The van der Waals surface area contributed by atoms with Crippen LogP contribution in [0.3, 0.4) is 0 Å². The highest BCUT2D eigenvalue weighted by atomic mass is 16.1. The lowest BCUT2D eigenvalue weighted by Crippen LogP contribution is -2.26. The predicted octanol–water partition coefficient (Wildman–Crippen LogP) is -0.334. The van der Waals surface area contributed by atoms with Crippen molar-refractivity contribution in [3.8, 4) is 0 Å². The molecule has 0 saturated heterocycles. The molecule has 2 N–H and O–H groups in total. The number of hydrogen-bond donors (Lipinski definition) is 2. The van der Waals surface area contributed by atoms with E-state index < -0.39 is 0 Å². The third kappa shape index (κ3) is 3.30. The van der Waals surface area contributed by atoms with Gasteiger partial charge in [0.05, 0.1) is 12.2 Å². The van der Waals surface area contributed by atoms with Crippen LogP contribution >= 0.6 is 0 Å². The number of hydrogen-bond acceptors (Lipinski definition) is 4. The molecule has 6 heteroatoms. The average molecular weight is 223 g/mol. The van der Waals surface area contributed by atoms with E-state index in [0.29, 0.717) is 25.6 Å². The highest BCUT2D eigenvalue weighted by Crippen LogP contribution is 2.18. The maximum absolute atomic E-state index is 11.4. The van der Waals surface area contributed by atoms with E-state index >= 15 is 0 Å². The second kappa shape index (κ2) is 5.07. The number of rotatable bonds is 6. The van der Waals surface area contributed by atoms with Crippen molar-refractivity contribution >= 4 is 5.91 Å². The highest BCUT2D eigenvalue weighted by molar-refractivity contribution is 5.76. The first-order valence-electron chi connectivity index (χ1n) is 5.61. The zero-order valence-corrected chi connectivity index (χ0v) is 9.44. The van der Waals surface area contributed by atoms with Gasteiger partial charge >= 0.3 is 0 Å². The lowest BCUT2D eigenvalue weighted by molar-refractivity contribution is -0.121. The molecule has 1 heterocycles. The lowest BCUT2D eigenvalue weighted by atomic mass is 10.4. The summed E-state index contributed by atoms with van der Waals surface area (Å²) in [6.45, 7) is 1.30. The summed E-state index contributed by atoms with van der Waals surface area (Å²) in [5.41, 5.74) is 0.894. The van der Waals surface area contributed by atoms with Gasteiger partial charge in [-0.15, -0.1) is 5.10 Å². The zero-order valence-electron chi connectivity index (χ0n) is 9.44. The predicted molar refractivity (Wildman–Crippen MR) is 58.6 cm³/mol. The quantitative estimate of drug-likeness (QED) is 0.692. The van der Waals surface area contributed by atoms with Gasteiger partial charge in [-0.2, -0.15) is 0 Å². The topological polar surface area (TPSA) is 71.8 Å². The summed E-state index contributed by atoms with van der Waals surface area (Å²) in [7, 11) is 1.86. The molecule has 0 atom stereocenters. The van der Waals surface area contributed by atoms with E-state index in [-0.39, 0.29) is 5.91 Å². The number of carbonyl (C=O) groups excluding carboxylic acids is 1. The van der Waals surface area contributed by atoms with E-state index in [9.17, 15) is 4.79 Å². The summed E-state index contributed by atoms with van der Waals surface area (Å²) in [6.07, 6.45) is 4.59. The number of nitrogens with zero attached hydrogens (tertiary/aromatic N) is 3. The minimum absolute atomic E-state index is 0.105. The number of nitrogens with one attached hydrogen (secondary N) is 2. The van der Waals surface area contributed by atoms with Crippen molar-refractivity contribution in [2.24, 2.45) is 0 Å². The van der Waals surface area contributed by atoms with Gasteiger partial charge in [0, 0.05) is 25.2 Å². The van der Waals surface area contributed by atoms with Gasteiger partial charge in [0.2, 0.25) is 5.91 Å². The van der Waals surface area contributed by atoms with Crippen LogP contribution in [0.15, 0.2) is 6.20 Å². The average Bonchev–Trinajstić information content (AvgIpc) is 2.95. The van der Waals surface area contributed by atoms with Gasteiger partial charge in [-0.3, -0.25) is 9.48 Å². The molecule has 6 nitrogen and oxygen atoms in total. The van der Waals surface area contributed by atoms with Crippen LogP contribution in [-0.4, -0.2) is 34.0 Å². The molecule has 0 spiro atoms. The molecule has 1 fully saturated rings. The molecule has 0 radical (unpaired) electrons. The van der Waals surface area contributed by atoms with E-state index in [0.717, 1.165) is 18.5 Å². The van der Waals surface area contributed by atoms with Crippen LogP contribution in [0.4, 0.5) is 0 Å². The maximum atomic E-state index is 11.4. The molecular weight excluding hydrogens is 206 g/mol. The smallest absolute Gasteiger partial charge is 0.222 e. The fourth-order valence-corrected chi connectivity index (χ4v) is 1.45. The molecule has 0 aliphatic heterocycles. The van der Waals surface area contributed by atoms with E-state index in [4.69, 9.17) is 0 Å². The fraction of sp³-hybridized carbons (Fsp3) is 0.700. The number of amides is 1. The van der Waals surface area contributed by atoms with Crippen molar-refractivity contribution in [3.05, 3.63) is 11.9 Å². The van der Waals surface area contributed by atoms with Crippen LogP contribution in [0, 0.1) is 0 Å². The Bertz CT molecular complexity index is 358. The van der Waals surface area contributed by atoms with Crippen LogP contribution in [0.1, 0.15) is 25.0 Å². The Morgan fingerprint density at radius 3 is 3.12 bits per heavy atom. The summed E-state index contributed by atoms with van der Waals surface area (Å²) in [6, 6.07) is 0.433. The molecule has 1 aromatic heterocycles. The molecule has 0 bridgehead atoms. The largest absolute Gasteiger partial charge is 0.353 e. The van der Waals surface area contributed by atoms with Gasteiger partial charge < -0.3 is 10.6 Å². The molecule has 0 unspecified atom stereocenters. The van der Waals surface area contributed by atoms with E-state index in [1.54, 1.807) is 4.68 Å². The molecule has 88 valence electrons. The number of aryl methyl sites for hydroxylation is 1. The Morgan fingerprint density at radius 2 is 2.44 bits per heavy atom. The molecule has 2 rings (SSSR count). The molecule has 1 saturated carbocycles. The van der Waals surface area contributed by atoms with Gasteiger partial charge in [-0.1, -0.05) is 5.21 Å². The van der Waals surface area contributed by atoms with E-state index in [1.165, 1.54) is 0 Å². The normalized spacial score (nSPS) is 15.1. The Morgan fingerprint density at radius 1 is 1.62 bits per heavy atom. The summed E-state index contributed by atoms with van der Waals surface area (Å²) < 4.78 is 1.71. The Labute approximate surface area is 94.4 Å². The minimum Gasteiger partial charge on any atom is -0.353 e. The number of carbonyl (C=O) groups is 1. The highest BCUT2D eigenvalue weighted by Gasteiger charge is 2.22. The molecule has 16 heavy (non-hydrogen) atoms. The second-order valence-electron chi connectivity index (χ2n) is 4.10. The van der Waals surface area contributed by atoms with Gasteiger partial charge in [-0.25, -0.2) is 0 Å². The maximum Gasteiger partial charge on any atom is 0.222 e.